The van der Waals surface area contributed by atoms with E-state index in [-0.39, 0.29) is 30.1 Å². The topological polar surface area (TPSA) is 63.7 Å². The van der Waals surface area contributed by atoms with E-state index >= 15 is 0 Å². The highest BCUT2D eigenvalue weighted by Gasteiger charge is 2.49. The van der Waals surface area contributed by atoms with Crippen LogP contribution in [-0.4, -0.2) is 35.6 Å². The molecule has 1 aliphatic heterocycles. The highest BCUT2D eigenvalue weighted by molar-refractivity contribution is 8.01. The molecule has 5 nitrogen and oxygen atoms in total. The van der Waals surface area contributed by atoms with E-state index in [0.717, 1.165) is 5.56 Å². The van der Waals surface area contributed by atoms with Crippen molar-refractivity contribution in [1.29, 1.82) is 0 Å². The lowest BCUT2D eigenvalue weighted by molar-refractivity contribution is -0.123. The van der Waals surface area contributed by atoms with Gasteiger partial charge >= 0.3 is 0 Å². The lowest BCUT2D eigenvalue weighted by Crippen LogP contribution is -2.57. The molecule has 0 spiro atoms. The molecular weight excluding hydrogens is 448 g/mol. The van der Waals surface area contributed by atoms with Crippen LogP contribution in [0.3, 0.4) is 0 Å². The van der Waals surface area contributed by atoms with E-state index in [1.807, 2.05) is 0 Å². The van der Waals surface area contributed by atoms with E-state index in [1.165, 1.54) is 60.3 Å². The van der Waals surface area contributed by atoms with Gasteiger partial charge in [-0.3, -0.25) is 14.4 Å². The van der Waals surface area contributed by atoms with Crippen LogP contribution in [0, 0.1) is 11.6 Å². The average molecular weight is 467 g/mol. The zero-order valence-electron chi connectivity index (χ0n) is 17.3. The molecule has 1 heterocycles. The van der Waals surface area contributed by atoms with Crippen molar-refractivity contribution in [3.05, 3.63) is 95.6 Å². The third kappa shape index (κ3) is 4.96. The first-order valence-corrected chi connectivity index (χ1v) is 11.2. The van der Waals surface area contributed by atoms with Crippen molar-refractivity contribution >= 4 is 35.4 Å². The van der Waals surface area contributed by atoms with Crippen LogP contribution in [0.2, 0.25) is 0 Å². The Bertz CT molecular complexity index is 1150. The summed E-state index contributed by atoms with van der Waals surface area (Å²) >= 11 is 1.21. The first kappa shape index (κ1) is 22.7. The maximum absolute atomic E-state index is 13.4. The maximum atomic E-state index is 13.4. The molecular formula is C25H19F2NO4S. The average Bonchev–Trinajstić information content (AvgIpc) is 2.83. The van der Waals surface area contributed by atoms with Crippen molar-refractivity contribution in [1.82, 2.24) is 0 Å². The third-order valence-electron chi connectivity index (χ3n) is 5.25. The third-order valence-corrected chi connectivity index (χ3v) is 6.50. The van der Waals surface area contributed by atoms with Gasteiger partial charge in [-0.25, -0.2) is 8.78 Å². The number of Topliss-reactive ketones (excluding diaryl/α,β-unsaturated/α-hetero) is 1. The van der Waals surface area contributed by atoms with Gasteiger partial charge in [0.15, 0.2) is 12.1 Å². The standard InChI is InChI=1S/C25H19F2NO4S/c26-18-5-1-16(2-6-18)22(30)15-33-24-23(17-3-11-21(12-4-17)32-14-13-29)28(25(24)31)20-9-7-19(27)8-10-20/h1-13,23-24H,14-15H2. The summed E-state index contributed by atoms with van der Waals surface area (Å²) in [6.07, 6.45) is 0.652. The smallest absolute Gasteiger partial charge is 0.243 e. The van der Waals surface area contributed by atoms with Crippen LogP contribution < -0.4 is 9.64 Å². The van der Waals surface area contributed by atoms with Crippen molar-refractivity contribution < 1.29 is 27.9 Å². The predicted octanol–water partition coefficient (Wildman–Crippen LogP) is 4.62. The number of hydrogen-bond acceptors (Lipinski definition) is 5. The minimum Gasteiger partial charge on any atom is -0.486 e. The predicted molar refractivity (Wildman–Crippen MR) is 122 cm³/mol. The lowest BCUT2D eigenvalue weighted by atomic mass is 9.92. The Labute approximate surface area is 193 Å². The molecule has 1 saturated heterocycles. The van der Waals surface area contributed by atoms with Gasteiger partial charge in [0.1, 0.15) is 29.2 Å². The van der Waals surface area contributed by atoms with Crippen LogP contribution in [-0.2, 0) is 9.59 Å². The number of ether oxygens (including phenoxy) is 1. The first-order chi connectivity index (χ1) is 16.0. The van der Waals surface area contributed by atoms with Crippen molar-refractivity contribution in [2.45, 2.75) is 11.3 Å². The molecule has 1 amide bonds. The molecule has 1 aliphatic rings. The largest absolute Gasteiger partial charge is 0.486 e. The van der Waals surface area contributed by atoms with Crippen LogP contribution in [0.15, 0.2) is 72.8 Å². The Morgan fingerprint density at radius 3 is 2.15 bits per heavy atom. The second-order valence-electron chi connectivity index (χ2n) is 7.34. The Balaban J connectivity index is 1.55. The molecule has 3 aromatic rings. The molecule has 3 aromatic carbocycles. The number of halogens is 2. The van der Waals surface area contributed by atoms with Gasteiger partial charge in [-0.1, -0.05) is 12.1 Å². The summed E-state index contributed by atoms with van der Waals surface area (Å²) < 4.78 is 31.8. The number of rotatable bonds is 9. The molecule has 2 unspecified atom stereocenters. The summed E-state index contributed by atoms with van der Waals surface area (Å²) in [4.78, 5) is 37.6. The van der Waals surface area contributed by atoms with Crippen molar-refractivity contribution in [3.8, 4) is 5.75 Å². The van der Waals surface area contributed by atoms with Crippen LogP contribution in [0.5, 0.6) is 5.75 Å². The Kier molecular flexibility index (Phi) is 6.84. The molecule has 0 radical (unpaired) electrons. The van der Waals surface area contributed by atoms with Crippen molar-refractivity contribution in [3.63, 3.8) is 0 Å². The molecule has 0 N–H and O–H groups in total. The van der Waals surface area contributed by atoms with E-state index < -0.39 is 16.9 Å². The molecule has 0 aromatic heterocycles. The Morgan fingerprint density at radius 2 is 1.55 bits per heavy atom. The fraction of sp³-hybridized carbons (Fsp3) is 0.160. The molecule has 2 atom stereocenters. The second-order valence-corrected chi connectivity index (χ2v) is 8.47. The second kappa shape index (κ2) is 9.95. The molecule has 0 aliphatic carbocycles. The van der Waals surface area contributed by atoms with Gasteiger partial charge in [0.05, 0.1) is 11.8 Å². The fourth-order valence-electron chi connectivity index (χ4n) is 3.61. The molecule has 1 fully saturated rings. The zero-order valence-corrected chi connectivity index (χ0v) is 18.1. The summed E-state index contributed by atoms with van der Waals surface area (Å²) in [5, 5.41) is -0.527. The quantitative estimate of drug-likeness (QED) is 0.261. The van der Waals surface area contributed by atoms with Crippen molar-refractivity contribution in [2.75, 3.05) is 17.3 Å². The van der Waals surface area contributed by atoms with Gasteiger partial charge in [-0.2, -0.15) is 0 Å². The van der Waals surface area contributed by atoms with Crippen LogP contribution in [0.4, 0.5) is 14.5 Å². The van der Waals surface area contributed by atoms with Crippen LogP contribution >= 0.6 is 11.8 Å². The van der Waals surface area contributed by atoms with Crippen LogP contribution in [0.1, 0.15) is 22.0 Å². The van der Waals surface area contributed by atoms with Gasteiger partial charge in [0.2, 0.25) is 5.91 Å². The van der Waals surface area contributed by atoms with Crippen molar-refractivity contribution in [2.24, 2.45) is 0 Å². The van der Waals surface area contributed by atoms with Gasteiger partial charge in [0, 0.05) is 11.3 Å². The minimum atomic E-state index is -0.527. The van der Waals surface area contributed by atoms with Gasteiger partial charge in [0.25, 0.3) is 0 Å². The number of benzene rings is 3. The molecule has 168 valence electrons. The van der Waals surface area contributed by atoms with Crippen LogP contribution in [0.25, 0.3) is 0 Å². The van der Waals surface area contributed by atoms with E-state index in [2.05, 4.69) is 0 Å². The van der Waals surface area contributed by atoms with Gasteiger partial charge in [-0.15, -0.1) is 11.8 Å². The summed E-state index contributed by atoms with van der Waals surface area (Å²) in [5.74, 6) is -0.662. The van der Waals surface area contributed by atoms with E-state index in [0.29, 0.717) is 23.3 Å². The Hall–Kier alpha value is -3.52. The number of carbonyl (C=O) groups excluding carboxylic acids is 3. The highest BCUT2D eigenvalue weighted by Crippen LogP contribution is 2.45. The first-order valence-electron chi connectivity index (χ1n) is 10.1. The highest BCUT2D eigenvalue weighted by atomic mass is 32.2. The molecule has 4 rings (SSSR count). The summed E-state index contributed by atoms with van der Waals surface area (Å²) in [6.45, 7) is -0.0626. The van der Waals surface area contributed by atoms with Gasteiger partial charge < -0.3 is 9.64 Å². The number of thioether (sulfide) groups is 1. The van der Waals surface area contributed by atoms with Gasteiger partial charge in [-0.05, 0) is 66.2 Å². The zero-order chi connectivity index (χ0) is 23.4. The number of amides is 1. The Morgan fingerprint density at radius 1 is 0.939 bits per heavy atom. The number of β-lactam (4-membered cyclic amide) rings is 1. The molecule has 0 bridgehead atoms. The fourth-order valence-corrected chi connectivity index (χ4v) is 4.83. The number of carbonyl (C=O) groups is 3. The summed E-state index contributed by atoms with van der Waals surface area (Å²) in [6, 6.07) is 17.5. The van der Waals surface area contributed by atoms with E-state index in [1.54, 1.807) is 29.2 Å². The number of hydrogen-bond donors (Lipinski definition) is 0. The monoisotopic (exact) mass is 467 g/mol. The number of ketones is 1. The minimum absolute atomic E-state index is 0.0519. The maximum Gasteiger partial charge on any atom is 0.243 e. The number of anilines is 1. The normalized spacial score (nSPS) is 17.4. The van der Waals surface area contributed by atoms with E-state index in [9.17, 15) is 23.2 Å². The lowest BCUT2D eigenvalue weighted by Gasteiger charge is -2.47. The molecule has 8 heteroatoms. The molecule has 33 heavy (non-hydrogen) atoms. The SMILES string of the molecule is O=CCOc1ccc(C2C(SCC(=O)c3ccc(F)cc3)C(=O)N2c2ccc(F)cc2)cc1. The van der Waals surface area contributed by atoms with E-state index in [4.69, 9.17) is 4.74 Å². The molecule has 0 saturated carbocycles. The summed E-state index contributed by atoms with van der Waals surface area (Å²) in [5.41, 5.74) is 1.73. The number of nitrogens with zero attached hydrogens (tertiary/aromatic N) is 1. The number of aldehydes is 1. The summed E-state index contributed by atoms with van der Waals surface area (Å²) in [7, 11) is 0.